The Morgan fingerprint density at radius 3 is 2.39 bits per heavy atom. The largest absolute Gasteiger partial charge is 0.366 e. The average molecular weight is 418 g/mol. The zero-order valence-corrected chi connectivity index (χ0v) is 18.9. The highest BCUT2D eigenvalue weighted by molar-refractivity contribution is 5.62. The molecule has 5 nitrogen and oxygen atoms in total. The van der Waals surface area contributed by atoms with Gasteiger partial charge in [-0.15, -0.1) is 0 Å². The smallest absolute Gasteiger partial charge is 0.258 e. The van der Waals surface area contributed by atoms with Crippen LogP contribution in [0.4, 0.5) is 0 Å². The summed E-state index contributed by atoms with van der Waals surface area (Å²) in [5, 5.41) is 4.22. The molecule has 0 atom stereocenters. The quantitative estimate of drug-likeness (QED) is 0.538. The molecule has 0 N–H and O–H groups in total. The molecule has 2 aliphatic heterocycles. The zero-order chi connectivity index (χ0) is 21.6. The van der Waals surface area contributed by atoms with Crippen LogP contribution in [-0.2, 0) is 23.5 Å². The Morgan fingerprint density at radius 1 is 0.935 bits per heavy atom. The number of ether oxygens (including phenoxy) is 1. The minimum absolute atomic E-state index is 0.234. The fourth-order valence-electron chi connectivity index (χ4n) is 4.56. The molecular formula is C26H31N3O2. The van der Waals surface area contributed by atoms with E-state index in [9.17, 15) is 0 Å². The number of fused-ring (bicyclic) bond motifs is 1. The maximum absolute atomic E-state index is 5.88. The monoisotopic (exact) mass is 417 g/mol. The van der Waals surface area contributed by atoms with Crippen LogP contribution in [0.1, 0.15) is 57.2 Å². The van der Waals surface area contributed by atoms with Gasteiger partial charge in [-0.3, -0.25) is 4.90 Å². The summed E-state index contributed by atoms with van der Waals surface area (Å²) < 4.78 is 11.5. The molecule has 1 saturated heterocycles. The van der Waals surface area contributed by atoms with Crippen LogP contribution in [0.15, 0.2) is 47.0 Å². The highest BCUT2D eigenvalue weighted by Crippen LogP contribution is 2.37. The minimum atomic E-state index is -0.234. The fraction of sp³-hybridized carbons (Fsp3) is 0.462. The number of aromatic nitrogens is 2. The summed E-state index contributed by atoms with van der Waals surface area (Å²) in [6.07, 6.45) is 2.53. The van der Waals surface area contributed by atoms with Gasteiger partial charge in [0, 0.05) is 17.7 Å². The lowest BCUT2D eigenvalue weighted by Crippen LogP contribution is -2.36. The van der Waals surface area contributed by atoms with Crippen LogP contribution < -0.4 is 0 Å². The Kier molecular flexibility index (Phi) is 4.98. The summed E-state index contributed by atoms with van der Waals surface area (Å²) in [5.74, 6) is 1.17. The molecule has 1 aromatic heterocycles. The number of piperidine rings is 1. The van der Waals surface area contributed by atoms with E-state index in [0.717, 1.165) is 17.7 Å². The van der Waals surface area contributed by atoms with Gasteiger partial charge in [-0.1, -0.05) is 43.3 Å². The van der Waals surface area contributed by atoms with Gasteiger partial charge in [0.25, 0.3) is 5.89 Å². The average Bonchev–Trinajstić information content (AvgIpc) is 3.35. The van der Waals surface area contributed by atoms with Crippen molar-refractivity contribution in [3.05, 3.63) is 59.2 Å². The summed E-state index contributed by atoms with van der Waals surface area (Å²) in [4.78, 5) is 7.19. The van der Waals surface area contributed by atoms with Crippen molar-refractivity contribution in [1.82, 2.24) is 15.0 Å². The SMILES string of the molecule is CC1(C)CCN(Cc2ccc(-c3nc(-c4ccc5c(c4)COC5(C)C)no3)cc2)CC1. The van der Waals surface area contributed by atoms with Crippen molar-refractivity contribution in [3.8, 4) is 22.8 Å². The summed E-state index contributed by atoms with van der Waals surface area (Å²) in [7, 11) is 0. The lowest BCUT2D eigenvalue weighted by Gasteiger charge is -2.36. The van der Waals surface area contributed by atoms with Crippen LogP contribution >= 0.6 is 0 Å². The Balaban J connectivity index is 1.28. The normalized spacial score (nSPS) is 20.0. The highest BCUT2D eigenvalue weighted by atomic mass is 16.5. The Labute approximate surface area is 184 Å². The molecule has 162 valence electrons. The van der Waals surface area contributed by atoms with Crippen molar-refractivity contribution < 1.29 is 9.26 Å². The van der Waals surface area contributed by atoms with Gasteiger partial charge in [0.15, 0.2) is 0 Å². The zero-order valence-electron chi connectivity index (χ0n) is 18.9. The first kappa shape index (κ1) is 20.4. The van der Waals surface area contributed by atoms with Gasteiger partial charge in [0.2, 0.25) is 5.82 Å². The number of likely N-dealkylation sites (tertiary alicyclic amines) is 1. The molecule has 3 aromatic rings. The molecule has 0 bridgehead atoms. The predicted molar refractivity (Wildman–Crippen MR) is 121 cm³/mol. The molecule has 3 heterocycles. The van der Waals surface area contributed by atoms with E-state index in [1.165, 1.54) is 42.6 Å². The molecule has 0 amide bonds. The van der Waals surface area contributed by atoms with E-state index in [2.05, 4.69) is 79.1 Å². The van der Waals surface area contributed by atoms with Crippen LogP contribution in [0, 0.1) is 5.41 Å². The second kappa shape index (κ2) is 7.57. The summed E-state index contributed by atoms with van der Waals surface area (Å²) in [6, 6.07) is 14.8. The molecule has 0 unspecified atom stereocenters. The maximum Gasteiger partial charge on any atom is 0.258 e. The van der Waals surface area contributed by atoms with E-state index in [0.29, 0.717) is 23.7 Å². The standard InChI is InChI=1S/C26H31N3O2/c1-25(2)11-13-29(14-12-25)16-18-5-7-19(8-6-18)24-27-23(28-31-24)20-9-10-22-21(15-20)17-30-26(22,3)4/h5-10,15H,11-14,16-17H2,1-4H3. The van der Waals surface area contributed by atoms with E-state index in [1.807, 2.05) is 6.07 Å². The third-order valence-corrected chi connectivity index (χ3v) is 6.84. The Bertz CT molecular complexity index is 1070. The number of rotatable bonds is 4. The van der Waals surface area contributed by atoms with Gasteiger partial charge >= 0.3 is 0 Å². The molecule has 2 aromatic carbocycles. The predicted octanol–water partition coefficient (Wildman–Crippen LogP) is 5.79. The second-order valence-corrected chi connectivity index (χ2v) is 10.2. The fourth-order valence-corrected chi connectivity index (χ4v) is 4.56. The van der Waals surface area contributed by atoms with Gasteiger partial charge < -0.3 is 9.26 Å². The molecule has 5 rings (SSSR count). The summed E-state index contributed by atoms with van der Waals surface area (Å²) >= 11 is 0. The summed E-state index contributed by atoms with van der Waals surface area (Å²) in [6.45, 7) is 12.9. The second-order valence-electron chi connectivity index (χ2n) is 10.2. The highest BCUT2D eigenvalue weighted by Gasteiger charge is 2.31. The third kappa shape index (κ3) is 4.17. The van der Waals surface area contributed by atoms with Crippen molar-refractivity contribution in [1.29, 1.82) is 0 Å². The van der Waals surface area contributed by atoms with Gasteiger partial charge in [0.05, 0.1) is 12.2 Å². The topological polar surface area (TPSA) is 51.4 Å². The van der Waals surface area contributed by atoms with Gasteiger partial charge in [-0.05, 0) is 80.1 Å². The number of hydrogen-bond donors (Lipinski definition) is 0. The van der Waals surface area contributed by atoms with Gasteiger partial charge in [0.1, 0.15) is 0 Å². The number of hydrogen-bond acceptors (Lipinski definition) is 5. The van der Waals surface area contributed by atoms with E-state index < -0.39 is 0 Å². The lowest BCUT2D eigenvalue weighted by atomic mass is 9.82. The maximum atomic E-state index is 5.88. The van der Waals surface area contributed by atoms with Crippen LogP contribution in [0.3, 0.4) is 0 Å². The molecule has 0 spiro atoms. The number of nitrogens with zero attached hydrogens (tertiary/aromatic N) is 3. The van der Waals surface area contributed by atoms with E-state index in [-0.39, 0.29) is 5.60 Å². The first-order chi connectivity index (χ1) is 14.8. The van der Waals surface area contributed by atoms with Crippen molar-refractivity contribution >= 4 is 0 Å². The van der Waals surface area contributed by atoms with E-state index >= 15 is 0 Å². The third-order valence-electron chi connectivity index (χ3n) is 6.84. The molecular weight excluding hydrogens is 386 g/mol. The van der Waals surface area contributed by atoms with Gasteiger partial charge in [-0.2, -0.15) is 4.98 Å². The van der Waals surface area contributed by atoms with Crippen LogP contribution in [0.5, 0.6) is 0 Å². The van der Waals surface area contributed by atoms with Crippen molar-refractivity contribution in [2.24, 2.45) is 5.41 Å². The molecule has 2 aliphatic rings. The lowest BCUT2D eigenvalue weighted by molar-refractivity contribution is -0.00789. The van der Waals surface area contributed by atoms with Crippen LogP contribution in [-0.4, -0.2) is 28.1 Å². The molecule has 1 fully saturated rings. The molecule has 5 heteroatoms. The van der Waals surface area contributed by atoms with E-state index in [1.54, 1.807) is 0 Å². The molecule has 0 aliphatic carbocycles. The number of benzene rings is 2. The Morgan fingerprint density at radius 2 is 1.65 bits per heavy atom. The van der Waals surface area contributed by atoms with Crippen LogP contribution in [0.25, 0.3) is 22.8 Å². The van der Waals surface area contributed by atoms with E-state index in [4.69, 9.17) is 9.26 Å². The molecule has 31 heavy (non-hydrogen) atoms. The molecule has 0 radical (unpaired) electrons. The molecule has 0 saturated carbocycles. The van der Waals surface area contributed by atoms with Crippen molar-refractivity contribution in [3.63, 3.8) is 0 Å². The van der Waals surface area contributed by atoms with Crippen LogP contribution in [0.2, 0.25) is 0 Å². The van der Waals surface area contributed by atoms with Gasteiger partial charge in [-0.25, -0.2) is 0 Å². The summed E-state index contributed by atoms with van der Waals surface area (Å²) in [5.41, 5.74) is 5.91. The van der Waals surface area contributed by atoms with Crippen molar-refractivity contribution in [2.45, 2.75) is 59.3 Å². The minimum Gasteiger partial charge on any atom is -0.366 e. The van der Waals surface area contributed by atoms with Crippen molar-refractivity contribution in [2.75, 3.05) is 13.1 Å². The Hall–Kier alpha value is -2.50. The first-order valence-electron chi connectivity index (χ1n) is 11.2. The first-order valence-corrected chi connectivity index (χ1v) is 11.2.